The van der Waals surface area contributed by atoms with E-state index in [0.29, 0.717) is 12.2 Å². The second-order valence-electron chi connectivity index (χ2n) is 3.54. The van der Waals surface area contributed by atoms with Crippen LogP contribution in [-0.4, -0.2) is 11.8 Å². The minimum absolute atomic E-state index is 0.0832. The van der Waals surface area contributed by atoms with Crippen molar-refractivity contribution in [2.24, 2.45) is 11.7 Å². The van der Waals surface area contributed by atoms with Gasteiger partial charge in [-0.25, -0.2) is 0 Å². The molecule has 13 heavy (non-hydrogen) atoms. The summed E-state index contributed by atoms with van der Waals surface area (Å²) in [5, 5.41) is 0. The Labute approximate surface area is 79.5 Å². The molecule has 2 atom stereocenters. The van der Waals surface area contributed by atoms with E-state index < -0.39 is 0 Å². The first kappa shape index (κ1) is 10.2. The van der Waals surface area contributed by atoms with Crippen LogP contribution >= 0.6 is 0 Å². The molecule has 1 rings (SSSR count). The minimum atomic E-state index is 0.0832. The molecule has 2 nitrogen and oxygen atoms in total. The molecule has 0 saturated heterocycles. The number of Topliss-reactive ketones (excluding diaryl/α,β-unsaturated/α-hetero) is 1. The van der Waals surface area contributed by atoms with Gasteiger partial charge in [0.15, 0.2) is 0 Å². The first-order chi connectivity index (χ1) is 6.24. The summed E-state index contributed by atoms with van der Waals surface area (Å²) in [7, 11) is 0. The SMILES string of the molecule is C=CCCCC(=O)C1C=CC(N)C1. The predicted molar refractivity (Wildman–Crippen MR) is 54.3 cm³/mol. The van der Waals surface area contributed by atoms with Gasteiger partial charge in [0.05, 0.1) is 0 Å². The number of ketones is 1. The van der Waals surface area contributed by atoms with Gasteiger partial charge < -0.3 is 5.73 Å². The number of carbonyl (C=O) groups excluding carboxylic acids is 1. The van der Waals surface area contributed by atoms with Gasteiger partial charge in [0.1, 0.15) is 5.78 Å². The van der Waals surface area contributed by atoms with E-state index in [0.717, 1.165) is 19.3 Å². The van der Waals surface area contributed by atoms with E-state index in [1.807, 2.05) is 18.2 Å². The fraction of sp³-hybridized carbons (Fsp3) is 0.545. The van der Waals surface area contributed by atoms with Crippen molar-refractivity contribution in [2.45, 2.75) is 31.7 Å². The highest BCUT2D eigenvalue weighted by molar-refractivity contribution is 5.83. The van der Waals surface area contributed by atoms with Gasteiger partial charge in [0, 0.05) is 18.4 Å². The predicted octanol–water partition coefficient (Wildman–Crippen LogP) is 1.82. The third-order valence-corrected chi connectivity index (χ3v) is 2.36. The summed E-state index contributed by atoms with van der Waals surface area (Å²) >= 11 is 0. The van der Waals surface area contributed by atoms with Crippen LogP contribution in [0, 0.1) is 5.92 Å². The summed E-state index contributed by atoms with van der Waals surface area (Å²) < 4.78 is 0. The van der Waals surface area contributed by atoms with Crippen LogP contribution < -0.4 is 5.73 Å². The summed E-state index contributed by atoms with van der Waals surface area (Å²) in [6, 6.07) is 0.0911. The number of carbonyl (C=O) groups is 1. The Morgan fingerprint density at radius 1 is 1.62 bits per heavy atom. The smallest absolute Gasteiger partial charge is 0.139 e. The van der Waals surface area contributed by atoms with E-state index >= 15 is 0 Å². The Balaban J connectivity index is 2.24. The van der Waals surface area contributed by atoms with Crippen LogP contribution in [0.1, 0.15) is 25.7 Å². The van der Waals surface area contributed by atoms with Crippen molar-refractivity contribution in [1.82, 2.24) is 0 Å². The highest BCUT2D eigenvalue weighted by Crippen LogP contribution is 2.19. The lowest BCUT2D eigenvalue weighted by Gasteiger charge is -2.06. The van der Waals surface area contributed by atoms with E-state index in [9.17, 15) is 4.79 Å². The summed E-state index contributed by atoms with van der Waals surface area (Å²) in [6.45, 7) is 3.62. The van der Waals surface area contributed by atoms with Crippen LogP contribution in [0.5, 0.6) is 0 Å². The molecule has 0 aromatic carbocycles. The summed E-state index contributed by atoms with van der Waals surface area (Å²) in [4.78, 5) is 11.5. The zero-order valence-corrected chi connectivity index (χ0v) is 7.91. The molecule has 2 N–H and O–H groups in total. The van der Waals surface area contributed by atoms with Crippen molar-refractivity contribution >= 4 is 5.78 Å². The van der Waals surface area contributed by atoms with Crippen molar-refractivity contribution in [3.05, 3.63) is 24.8 Å². The fourth-order valence-electron chi connectivity index (χ4n) is 1.57. The Hall–Kier alpha value is -0.890. The third-order valence-electron chi connectivity index (χ3n) is 2.36. The van der Waals surface area contributed by atoms with Crippen molar-refractivity contribution in [2.75, 3.05) is 0 Å². The highest BCUT2D eigenvalue weighted by atomic mass is 16.1. The number of hydrogen-bond acceptors (Lipinski definition) is 2. The fourth-order valence-corrected chi connectivity index (χ4v) is 1.57. The quantitative estimate of drug-likeness (QED) is 0.516. The minimum Gasteiger partial charge on any atom is -0.324 e. The van der Waals surface area contributed by atoms with Gasteiger partial charge in [0.25, 0.3) is 0 Å². The second-order valence-corrected chi connectivity index (χ2v) is 3.54. The Kier molecular flexibility index (Phi) is 3.90. The molecule has 0 spiro atoms. The lowest BCUT2D eigenvalue weighted by molar-refractivity contribution is -0.121. The molecule has 0 bridgehead atoms. The van der Waals surface area contributed by atoms with Crippen LogP contribution in [0.4, 0.5) is 0 Å². The average molecular weight is 179 g/mol. The number of unbranched alkanes of at least 4 members (excludes halogenated alkanes) is 1. The summed E-state index contributed by atoms with van der Waals surface area (Å²) in [5.41, 5.74) is 5.66. The first-order valence-corrected chi connectivity index (χ1v) is 4.81. The molecular weight excluding hydrogens is 162 g/mol. The zero-order valence-electron chi connectivity index (χ0n) is 7.91. The monoisotopic (exact) mass is 179 g/mol. The third kappa shape index (κ3) is 3.15. The second kappa shape index (κ2) is 4.97. The molecule has 0 radical (unpaired) electrons. The van der Waals surface area contributed by atoms with Gasteiger partial charge in [-0.3, -0.25) is 4.79 Å². The topological polar surface area (TPSA) is 43.1 Å². The Bertz CT molecular complexity index is 220. The van der Waals surface area contributed by atoms with Gasteiger partial charge >= 0.3 is 0 Å². The number of allylic oxidation sites excluding steroid dienone is 2. The van der Waals surface area contributed by atoms with Gasteiger partial charge in [-0.2, -0.15) is 0 Å². The maximum Gasteiger partial charge on any atom is 0.139 e. The van der Waals surface area contributed by atoms with Gasteiger partial charge in [-0.05, 0) is 19.3 Å². The van der Waals surface area contributed by atoms with E-state index in [4.69, 9.17) is 5.73 Å². The van der Waals surface area contributed by atoms with Gasteiger partial charge in [0.2, 0.25) is 0 Å². The zero-order chi connectivity index (χ0) is 9.68. The molecule has 0 aromatic rings. The number of rotatable bonds is 5. The Morgan fingerprint density at radius 3 is 2.92 bits per heavy atom. The average Bonchev–Trinajstić information content (AvgIpc) is 2.52. The van der Waals surface area contributed by atoms with Crippen molar-refractivity contribution in [1.29, 1.82) is 0 Å². The molecule has 2 unspecified atom stereocenters. The van der Waals surface area contributed by atoms with Crippen LogP contribution in [0.2, 0.25) is 0 Å². The highest BCUT2D eigenvalue weighted by Gasteiger charge is 2.21. The van der Waals surface area contributed by atoms with E-state index in [1.165, 1.54) is 0 Å². The van der Waals surface area contributed by atoms with Crippen LogP contribution in [0.25, 0.3) is 0 Å². The summed E-state index contributed by atoms with van der Waals surface area (Å²) in [5.74, 6) is 0.408. The molecule has 1 aliphatic rings. The molecule has 0 heterocycles. The van der Waals surface area contributed by atoms with Crippen LogP contribution in [0.15, 0.2) is 24.8 Å². The lowest BCUT2D eigenvalue weighted by Crippen LogP contribution is -2.18. The standard InChI is InChI=1S/C11H17NO/c1-2-3-4-5-11(13)9-6-7-10(12)8-9/h2,6-7,9-10H,1,3-5,8,12H2. The van der Waals surface area contributed by atoms with Crippen molar-refractivity contribution in [3.8, 4) is 0 Å². The van der Waals surface area contributed by atoms with E-state index in [-0.39, 0.29) is 12.0 Å². The van der Waals surface area contributed by atoms with Gasteiger partial charge in [-0.15, -0.1) is 6.58 Å². The molecule has 0 saturated carbocycles. The molecule has 0 aliphatic heterocycles. The van der Waals surface area contributed by atoms with Crippen LogP contribution in [-0.2, 0) is 4.79 Å². The first-order valence-electron chi connectivity index (χ1n) is 4.81. The number of hydrogen-bond donors (Lipinski definition) is 1. The van der Waals surface area contributed by atoms with E-state index in [2.05, 4.69) is 6.58 Å². The molecule has 1 aliphatic carbocycles. The lowest BCUT2D eigenvalue weighted by atomic mass is 9.98. The largest absolute Gasteiger partial charge is 0.324 e. The molecule has 0 amide bonds. The van der Waals surface area contributed by atoms with E-state index in [1.54, 1.807) is 0 Å². The Morgan fingerprint density at radius 2 is 2.38 bits per heavy atom. The van der Waals surface area contributed by atoms with Gasteiger partial charge in [-0.1, -0.05) is 18.2 Å². The summed E-state index contributed by atoms with van der Waals surface area (Å²) in [6.07, 6.45) is 9.03. The normalized spacial score (nSPS) is 26.2. The molecular formula is C11H17NO. The maximum absolute atomic E-state index is 11.5. The molecule has 72 valence electrons. The molecule has 0 fully saturated rings. The van der Waals surface area contributed by atoms with Crippen molar-refractivity contribution < 1.29 is 4.79 Å². The van der Waals surface area contributed by atoms with Crippen LogP contribution in [0.3, 0.4) is 0 Å². The maximum atomic E-state index is 11.5. The van der Waals surface area contributed by atoms with Crippen molar-refractivity contribution in [3.63, 3.8) is 0 Å². The number of nitrogens with two attached hydrogens (primary N) is 1. The molecule has 0 aromatic heterocycles. The molecule has 2 heteroatoms.